The number of ether oxygens (including phenoxy) is 2. The lowest BCUT2D eigenvalue weighted by Gasteiger charge is -2.36. The van der Waals surface area contributed by atoms with Crippen molar-refractivity contribution >= 4 is 5.97 Å². The van der Waals surface area contributed by atoms with E-state index >= 15 is 0 Å². The second kappa shape index (κ2) is 10.2. The molecule has 0 aliphatic carbocycles. The molecule has 4 nitrogen and oxygen atoms in total. The largest absolute Gasteiger partial charge is 0.473 e. The maximum atomic E-state index is 11.7. The van der Waals surface area contributed by atoms with Crippen molar-refractivity contribution in [2.45, 2.75) is 18.1 Å². The molecular formula is C29H27NO3. The van der Waals surface area contributed by atoms with Crippen molar-refractivity contribution < 1.29 is 14.3 Å². The second-order valence-corrected chi connectivity index (χ2v) is 7.86. The highest BCUT2D eigenvalue weighted by atomic mass is 16.5. The first kappa shape index (κ1) is 22.3. The van der Waals surface area contributed by atoms with Crippen molar-refractivity contribution in [3.05, 3.63) is 138 Å². The van der Waals surface area contributed by atoms with Crippen LogP contribution in [0.25, 0.3) is 0 Å². The van der Waals surface area contributed by atoms with E-state index < -0.39 is 17.6 Å². The van der Waals surface area contributed by atoms with Gasteiger partial charge in [0, 0.05) is 16.7 Å². The standard InChI is InChI=1S/C29H27NO3/c1-32-28(31)27(30)21-22-17-19-26(20-18-22)33-29(23-11-5-2-6-12-23,24-13-7-3-8-14-24)25-15-9-4-10-16-25/h2-20,27H,21,30H2,1H3/t27-/m0/s1. The van der Waals surface area contributed by atoms with Gasteiger partial charge in [-0.2, -0.15) is 0 Å². The topological polar surface area (TPSA) is 61.5 Å². The number of carbonyl (C=O) groups excluding carboxylic acids is 1. The first-order chi connectivity index (χ1) is 16.1. The van der Waals surface area contributed by atoms with Gasteiger partial charge in [-0.05, 0) is 24.1 Å². The molecule has 4 rings (SSSR count). The third-order valence-electron chi connectivity index (χ3n) is 5.69. The Bertz CT molecular complexity index is 1060. The van der Waals surface area contributed by atoms with Crippen molar-refractivity contribution in [2.24, 2.45) is 5.73 Å². The highest BCUT2D eigenvalue weighted by Crippen LogP contribution is 2.41. The summed E-state index contributed by atoms with van der Waals surface area (Å²) < 4.78 is 11.6. The highest BCUT2D eigenvalue weighted by molar-refractivity contribution is 5.75. The molecule has 0 aliphatic heterocycles. The second-order valence-electron chi connectivity index (χ2n) is 7.86. The van der Waals surface area contributed by atoms with E-state index in [1.165, 1.54) is 7.11 Å². The molecule has 33 heavy (non-hydrogen) atoms. The summed E-state index contributed by atoms with van der Waals surface area (Å²) in [6.07, 6.45) is 0.397. The molecule has 0 unspecified atom stereocenters. The minimum atomic E-state index is -0.840. The van der Waals surface area contributed by atoms with E-state index in [9.17, 15) is 4.79 Å². The Morgan fingerprint density at radius 2 is 1.15 bits per heavy atom. The average molecular weight is 438 g/mol. The zero-order chi connectivity index (χ0) is 23.1. The van der Waals surface area contributed by atoms with Gasteiger partial charge in [0.15, 0.2) is 5.60 Å². The number of methoxy groups -OCH3 is 1. The zero-order valence-electron chi connectivity index (χ0n) is 18.6. The van der Waals surface area contributed by atoms with Gasteiger partial charge in [-0.1, -0.05) is 103 Å². The van der Waals surface area contributed by atoms with Crippen LogP contribution in [0.4, 0.5) is 0 Å². The number of nitrogens with two attached hydrogens (primary N) is 1. The van der Waals surface area contributed by atoms with Crippen LogP contribution in [0.1, 0.15) is 22.3 Å². The van der Waals surface area contributed by atoms with Gasteiger partial charge in [0.2, 0.25) is 0 Å². The summed E-state index contributed by atoms with van der Waals surface area (Å²) in [6, 6.07) is 37.7. The van der Waals surface area contributed by atoms with Crippen LogP contribution in [-0.2, 0) is 21.6 Å². The Kier molecular flexibility index (Phi) is 6.86. The van der Waals surface area contributed by atoms with Gasteiger partial charge in [0.05, 0.1) is 7.11 Å². The summed E-state index contributed by atoms with van der Waals surface area (Å²) in [4.78, 5) is 11.7. The molecule has 0 bridgehead atoms. The van der Waals surface area contributed by atoms with Crippen LogP contribution in [0.15, 0.2) is 115 Å². The number of carbonyl (C=O) groups is 1. The molecular weight excluding hydrogens is 410 g/mol. The smallest absolute Gasteiger partial charge is 0.322 e. The van der Waals surface area contributed by atoms with Gasteiger partial charge in [-0.25, -0.2) is 0 Å². The van der Waals surface area contributed by atoms with Crippen LogP contribution in [-0.4, -0.2) is 19.1 Å². The summed E-state index contributed by atoms with van der Waals surface area (Å²) in [7, 11) is 1.34. The zero-order valence-corrected chi connectivity index (χ0v) is 18.6. The van der Waals surface area contributed by atoms with Gasteiger partial charge < -0.3 is 15.2 Å². The van der Waals surface area contributed by atoms with Gasteiger partial charge in [-0.3, -0.25) is 4.79 Å². The lowest BCUT2D eigenvalue weighted by molar-refractivity contribution is -0.142. The Labute approximate surface area is 194 Å². The van der Waals surface area contributed by atoms with E-state index in [1.807, 2.05) is 78.9 Å². The van der Waals surface area contributed by atoms with E-state index in [-0.39, 0.29) is 0 Å². The van der Waals surface area contributed by atoms with Crippen LogP contribution in [0.5, 0.6) is 5.75 Å². The maximum Gasteiger partial charge on any atom is 0.322 e. The fourth-order valence-electron chi connectivity index (χ4n) is 4.05. The molecule has 0 aromatic heterocycles. The van der Waals surface area contributed by atoms with Gasteiger partial charge in [0.1, 0.15) is 11.8 Å². The molecule has 0 aliphatic rings. The number of esters is 1. The molecule has 0 amide bonds. The Balaban J connectivity index is 1.77. The van der Waals surface area contributed by atoms with E-state index in [0.717, 1.165) is 22.3 Å². The molecule has 4 heteroatoms. The SMILES string of the molecule is COC(=O)[C@@H](N)Cc1ccc(OC(c2ccccc2)(c2ccccc2)c2ccccc2)cc1. The number of hydrogen-bond donors (Lipinski definition) is 1. The summed E-state index contributed by atoms with van der Waals surface area (Å²) in [5.41, 5.74) is 9.10. The van der Waals surface area contributed by atoms with Crippen LogP contribution in [0.3, 0.4) is 0 Å². The molecule has 0 spiro atoms. The van der Waals surface area contributed by atoms with Gasteiger partial charge in [0.25, 0.3) is 0 Å². The normalized spacial score (nSPS) is 12.1. The first-order valence-corrected chi connectivity index (χ1v) is 10.9. The molecule has 0 saturated carbocycles. The highest BCUT2D eigenvalue weighted by Gasteiger charge is 2.38. The van der Waals surface area contributed by atoms with Crippen LogP contribution >= 0.6 is 0 Å². The third kappa shape index (κ3) is 4.81. The minimum absolute atomic E-state index is 0.397. The van der Waals surface area contributed by atoms with Crippen molar-refractivity contribution in [3.63, 3.8) is 0 Å². The quantitative estimate of drug-likeness (QED) is 0.308. The van der Waals surface area contributed by atoms with E-state index in [2.05, 4.69) is 36.4 Å². The van der Waals surface area contributed by atoms with Crippen LogP contribution < -0.4 is 10.5 Å². The molecule has 2 N–H and O–H groups in total. The fraction of sp³-hybridized carbons (Fsp3) is 0.138. The number of rotatable bonds is 8. The maximum absolute atomic E-state index is 11.7. The lowest BCUT2D eigenvalue weighted by atomic mass is 9.80. The summed E-state index contributed by atoms with van der Waals surface area (Å²) >= 11 is 0. The van der Waals surface area contributed by atoms with Gasteiger partial charge >= 0.3 is 5.97 Å². The summed E-state index contributed by atoms with van der Waals surface area (Å²) in [6.45, 7) is 0. The molecule has 1 atom stereocenters. The predicted octanol–water partition coefficient (Wildman–Crippen LogP) is 5.10. The monoisotopic (exact) mass is 437 g/mol. The number of hydrogen-bond acceptors (Lipinski definition) is 4. The van der Waals surface area contributed by atoms with E-state index in [1.54, 1.807) is 0 Å². The van der Waals surface area contributed by atoms with Crippen LogP contribution in [0, 0.1) is 0 Å². The molecule has 0 saturated heterocycles. The van der Waals surface area contributed by atoms with Crippen LogP contribution in [0.2, 0.25) is 0 Å². The van der Waals surface area contributed by atoms with E-state index in [0.29, 0.717) is 12.2 Å². The molecule has 4 aromatic carbocycles. The van der Waals surface area contributed by atoms with Gasteiger partial charge in [-0.15, -0.1) is 0 Å². The lowest BCUT2D eigenvalue weighted by Crippen LogP contribution is -2.36. The third-order valence-corrected chi connectivity index (χ3v) is 5.69. The summed E-state index contributed by atoms with van der Waals surface area (Å²) in [5, 5.41) is 0. The molecule has 4 aromatic rings. The van der Waals surface area contributed by atoms with Crippen molar-refractivity contribution in [1.82, 2.24) is 0 Å². The Hall–Kier alpha value is -3.89. The predicted molar refractivity (Wildman–Crippen MR) is 130 cm³/mol. The minimum Gasteiger partial charge on any atom is -0.473 e. The Morgan fingerprint density at radius 1 is 0.727 bits per heavy atom. The molecule has 0 fully saturated rings. The van der Waals surface area contributed by atoms with Crippen molar-refractivity contribution in [3.8, 4) is 5.75 Å². The van der Waals surface area contributed by atoms with E-state index in [4.69, 9.17) is 15.2 Å². The molecule has 0 radical (unpaired) electrons. The fourth-order valence-corrected chi connectivity index (χ4v) is 4.05. The number of benzene rings is 4. The summed E-state index contributed by atoms with van der Waals surface area (Å²) in [5.74, 6) is 0.286. The first-order valence-electron chi connectivity index (χ1n) is 10.9. The molecule has 0 heterocycles. The van der Waals surface area contributed by atoms with Crippen molar-refractivity contribution in [1.29, 1.82) is 0 Å². The molecule has 166 valence electrons. The Morgan fingerprint density at radius 3 is 1.55 bits per heavy atom. The average Bonchev–Trinajstić information content (AvgIpc) is 2.89. The van der Waals surface area contributed by atoms with Crippen molar-refractivity contribution in [2.75, 3.05) is 7.11 Å².